The zero-order valence-electron chi connectivity index (χ0n) is 11.3. The number of aliphatic carboxylic acids is 1. The van der Waals surface area contributed by atoms with Gasteiger partial charge in [0.05, 0.1) is 23.6 Å². The summed E-state index contributed by atoms with van der Waals surface area (Å²) in [6.07, 6.45) is 0.961. The predicted molar refractivity (Wildman–Crippen MR) is 75.2 cm³/mol. The van der Waals surface area contributed by atoms with Gasteiger partial charge in [-0.05, 0) is 31.2 Å². The minimum absolute atomic E-state index is 0.0787. The number of furan rings is 1. The summed E-state index contributed by atoms with van der Waals surface area (Å²) < 4.78 is 32.0. The second kappa shape index (κ2) is 6.11. The molecule has 2 N–H and O–H groups in total. The van der Waals surface area contributed by atoms with Crippen molar-refractivity contribution in [3.8, 4) is 0 Å². The molecule has 0 amide bonds. The molecule has 6 nitrogen and oxygen atoms in total. The van der Waals surface area contributed by atoms with Crippen LogP contribution >= 0.6 is 0 Å². The highest BCUT2D eigenvalue weighted by Gasteiger charge is 2.25. The second-order valence-corrected chi connectivity index (χ2v) is 6.31. The Hall–Kier alpha value is -2.12. The first-order valence-electron chi connectivity index (χ1n) is 6.22. The van der Waals surface area contributed by atoms with Crippen LogP contribution in [-0.4, -0.2) is 19.5 Å². The van der Waals surface area contributed by atoms with Gasteiger partial charge in [-0.3, -0.25) is 4.79 Å². The molecule has 0 fully saturated rings. The molecule has 112 valence electrons. The van der Waals surface area contributed by atoms with E-state index in [1.165, 1.54) is 24.5 Å². The molecule has 0 saturated carbocycles. The Kier molecular flexibility index (Phi) is 4.44. The molecule has 2 rings (SSSR count). The number of aryl methyl sites for hydroxylation is 1. The fourth-order valence-electron chi connectivity index (χ4n) is 1.84. The average Bonchev–Trinajstić information content (AvgIpc) is 2.91. The molecule has 1 heterocycles. The van der Waals surface area contributed by atoms with Crippen LogP contribution in [0.5, 0.6) is 0 Å². The van der Waals surface area contributed by atoms with Gasteiger partial charge >= 0.3 is 5.97 Å². The molecule has 0 saturated heterocycles. The zero-order valence-corrected chi connectivity index (χ0v) is 12.1. The number of hydrogen-bond donors (Lipinski definition) is 2. The summed E-state index contributed by atoms with van der Waals surface area (Å²) in [5.41, 5.74) is 0.932. The molecular formula is C14H15NO5S. The van der Waals surface area contributed by atoms with Crippen LogP contribution < -0.4 is 4.72 Å². The smallest absolute Gasteiger partial charge is 0.305 e. The van der Waals surface area contributed by atoms with E-state index in [0.29, 0.717) is 0 Å². The first-order valence-corrected chi connectivity index (χ1v) is 7.71. The molecule has 0 spiro atoms. The number of carboxylic acid groups (broad SMARTS) is 1. The Morgan fingerprint density at radius 2 is 1.95 bits per heavy atom. The Bertz CT molecular complexity index is 704. The van der Waals surface area contributed by atoms with Gasteiger partial charge in [-0.2, -0.15) is 4.72 Å². The Morgan fingerprint density at radius 1 is 1.29 bits per heavy atom. The predicted octanol–water partition coefficient (Wildman–Crippen LogP) is 2.08. The maximum atomic E-state index is 12.3. The van der Waals surface area contributed by atoms with E-state index in [4.69, 9.17) is 9.52 Å². The molecule has 1 aromatic carbocycles. The van der Waals surface area contributed by atoms with Crippen molar-refractivity contribution in [1.82, 2.24) is 4.72 Å². The van der Waals surface area contributed by atoms with Crippen molar-refractivity contribution in [1.29, 1.82) is 0 Å². The lowest BCUT2D eigenvalue weighted by molar-refractivity contribution is -0.137. The van der Waals surface area contributed by atoms with Crippen LogP contribution in [0.4, 0.5) is 0 Å². The van der Waals surface area contributed by atoms with Gasteiger partial charge in [0, 0.05) is 0 Å². The lowest BCUT2D eigenvalue weighted by Gasteiger charge is -2.15. The molecule has 21 heavy (non-hydrogen) atoms. The lowest BCUT2D eigenvalue weighted by Crippen LogP contribution is -2.30. The number of carboxylic acids is 1. The van der Waals surface area contributed by atoms with Crippen molar-refractivity contribution in [2.45, 2.75) is 24.3 Å². The number of hydrogen-bond acceptors (Lipinski definition) is 4. The number of nitrogens with one attached hydrogen (secondary N) is 1. The van der Waals surface area contributed by atoms with Gasteiger partial charge in [0.1, 0.15) is 5.76 Å². The summed E-state index contributed by atoms with van der Waals surface area (Å²) in [6.45, 7) is 1.85. The highest BCUT2D eigenvalue weighted by atomic mass is 32.2. The van der Waals surface area contributed by atoms with Crippen molar-refractivity contribution in [2.24, 2.45) is 0 Å². The first kappa shape index (κ1) is 15.3. The van der Waals surface area contributed by atoms with E-state index in [1.54, 1.807) is 18.2 Å². The summed E-state index contributed by atoms with van der Waals surface area (Å²) in [7, 11) is -3.82. The van der Waals surface area contributed by atoms with Crippen LogP contribution in [-0.2, 0) is 14.8 Å². The Labute approximate surface area is 122 Å². The lowest BCUT2D eigenvalue weighted by atomic mass is 10.2. The third-order valence-corrected chi connectivity index (χ3v) is 4.38. The van der Waals surface area contributed by atoms with E-state index in [1.807, 2.05) is 6.92 Å². The molecule has 0 aliphatic heterocycles. The minimum atomic E-state index is -3.82. The molecule has 0 radical (unpaired) electrons. The maximum Gasteiger partial charge on any atom is 0.305 e. The largest absolute Gasteiger partial charge is 0.481 e. The standard InChI is InChI=1S/C14H15NO5S/c1-10-4-6-11(7-5-10)21(18,19)15-12(9-14(16)17)13-3-2-8-20-13/h2-8,12,15H,9H2,1H3,(H,16,17)/t12-/m1/s1. The summed E-state index contributed by atoms with van der Waals surface area (Å²) in [5.74, 6) is -0.865. The highest BCUT2D eigenvalue weighted by Crippen LogP contribution is 2.21. The summed E-state index contributed by atoms with van der Waals surface area (Å²) in [5, 5.41) is 8.91. The molecule has 2 aromatic rings. The quantitative estimate of drug-likeness (QED) is 0.851. The van der Waals surface area contributed by atoms with E-state index < -0.39 is 28.5 Å². The van der Waals surface area contributed by atoms with Gasteiger partial charge in [-0.1, -0.05) is 17.7 Å². The SMILES string of the molecule is Cc1ccc(S(=O)(=O)N[C@H](CC(=O)O)c2ccco2)cc1. The number of carbonyl (C=O) groups is 1. The molecule has 1 atom stereocenters. The third-order valence-electron chi connectivity index (χ3n) is 2.89. The fraction of sp³-hybridized carbons (Fsp3) is 0.214. The van der Waals surface area contributed by atoms with E-state index in [2.05, 4.69) is 4.72 Å². The van der Waals surface area contributed by atoms with Crippen LogP contribution in [0.3, 0.4) is 0 Å². The Balaban J connectivity index is 2.27. The Morgan fingerprint density at radius 3 is 2.48 bits per heavy atom. The normalized spacial score (nSPS) is 13.0. The van der Waals surface area contributed by atoms with Crippen molar-refractivity contribution in [2.75, 3.05) is 0 Å². The molecule has 0 aliphatic carbocycles. The number of rotatable bonds is 6. The van der Waals surface area contributed by atoms with E-state index in [-0.39, 0.29) is 10.7 Å². The van der Waals surface area contributed by atoms with Gasteiger partial charge in [-0.15, -0.1) is 0 Å². The maximum absolute atomic E-state index is 12.3. The molecular weight excluding hydrogens is 294 g/mol. The van der Waals surface area contributed by atoms with Gasteiger partial charge < -0.3 is 9.52 Å². The van der Waals surface area contributed by atoms with E-state index in [0.717, 1.165) is 5.56 Å². The monoisotopic (exact) mass is 309 g/mol. The topological polar surface area (TPSA) is 96.6 Å². The summed E-state index contributed by atoms with van der Waals surface area (Å²) >= 11 is 0. The highest BCUT2D eigenvalue weighted by molar-refractivity contribution is 7.89. The second-order valence-electron chi connectivity index (χ2n) is 4.60. The molecule has 0 bridgehead atoms. The van der Waals surface area contributed by atoms with Crippen molar-refractivity contribution < 1.29 is 22.7 Å². The van der Waals surface area contributed by atoms with Crippen molar-refractivity contribution in [3.05, 3.63) is 54.0 Å². The van der Waals surface area contributed by atoms with Crippen LogP contribution in [0.2, 0.25) is 0 Å². The van der Waals surface area contributed by atoms with Crippen LogP contribution in [0, 0.1) is 6.92 Å². The summed E-state index contributed by atoms with van der Waals surface area (Å²) in [6, 6.07) is 8.44. The van der Waals surface area contributed by atoms with Crippen molar-refractivity contribution in [3.63, 3.8) is 0 Å². The average molecular weight is 309 g/mol. The van der Waals surface area contributed by atoms with Gasteiger partial charge in [0.15, 0.2) is 0 Å². The summed E-state index contributed by atoms with van der Waals surface area (Å²) in [4.78, 5) is 11.0. The zero-order chi connectivity index (χ0) is 15.5. The molecule has 0 aliphatic rings. The van der Waals surface area contributed by atoms with Gasteiger partial charge in [0.25, 0.3) is 0 Å². The van der Waals surface area contributed by atoms with Gasteiger partial charge in [0.2, 0.25) is 10.0 Å². The van der Waals surface area contributed by atoms with Crippen LogP contribution in [0.15, 0.2) is 52.0 Å². The first-order chi connectivity index (χ1) is 9.88. The third kappa shape index (κ3) is 3.93. The van der Waals surface area contributed by atoms with Crippen LogP contribution in [0.25, 0.3) is 0 Å². The van der Waals surface area contributed by atoms with E-state index >= 15 is 0 Å². The molecule has 1 aromatic heterocycles. The number of benzene rings is 1. The molecule has 7 heteroatoms. The fourth-order valence-corrected chi connectivity index (χ4v) is 3.04. The van der Waals surface area contributed by atoms with Gasteiger partial charge in [-0.25, -0.2) is 8.42 Å². The van der Waals surface area contributed by atoms with E-state index in [9.17, 15) is 13.2 Å². The van der Waals surface area contributed by atoms with Crippen LogP contribution in [0.1, 0.15) is 23.8 Å². The van der Waals surface area contributed by atoms with Crippen molar-refractivity contribution >= 4 is 16.0 Å². The minimum Gasteiger partial charge on any atom is -0.481 e. The molecule has 0 unspecified atom stereocenters. The number of sulfonamides is 1.